The smallest absolute Gasteiger partial charge is 0.251 e. The van der Waals surface area contributed by atoms with Crippen LogP contribution in [0, 0.1) is 0 Å². The highest BCUT2D eigenvalue weighted by atomic mass is 31.0. The molecule has 16 heavy (non-hydrogen) atoms. The van der Waals surface area contributed by atoms with Gasteiger partial charge in [-0.1, -0.05) is 45.9 Å². The maximum absolute atomic E-state index is 11.1. The average Bonchev–Trinajstić information content (AvgIpc) is 2.36. The number of hydrogen-bond acceptors (Lipinski definition) is 1. The second-order valence-corrected chi connectivity index (χ2v) is 2.23. The van der Waals surface area contributed by atoms with Crippen molar-refractivity contribution in [3.63, 3.8) is 0 Å². The first-order valence-corrected chi connectivity index (χ1v) is 5.68. The fourth-order valence-corrected chi connectivity index (χ4v) is 0.852. The molecule has 0 fully saturated rings. The van der Waals surface area contributed by atoms with Crippen LogP contribution in [-0.4, -0.2) is 12.5 Å². The summed E-state index contributed by atoms with van der Waals surface area (Å²) in [4.78, 5) is 11.1. The Morgan fingerprint density at radius 2 is 1.50 bits per heavy atom. The Balaban J connectivity index is -0.000000305. The molecule has 0 heterocycles. The lowest BCUT2D eigenvalue weighted by Gasteiger charge is -1.99. The summed E-state index contributed by atoms with van der Waals surface area (Å²) in [5.41, 5.74) is 0.717. The van der Waals surface area contributed by atoms with E-state index in [-0.39, 0.29) is 15.8 Å². The zero-order valence-corrected chi connectivity index (χ0v) is 12.6. The van der Waals surface area contributed by atoms with Gasteiger partial charge in [-0.25, -0.2) is 0 Å². The third kappa shape index (κ3) is 9.67. The molecule has 0 saturated carbocycles. The third-order valence-corrected chi connectivity index (χ3v) is 1.37. The minimum absolute atomic E-state index is 0. The number of benzene rings is 1. The third-order valence-electron chi connectivity index (χ3n) is 1.37. The van der Waals surface area contributed by atoms with Gasteiger partial charge in [-0.05, 0) is 19.1 Å². The van der Waals surface area contributed by atoms with Crippen molar-refractivity contribution in [2.75, 3.05) is 6.54 Å². The second kappa shape index (κ2) is 16.5. The molecule has 1 aromatic carbocycles. The van der Waals surface area contributed by atoms with Gasteiger partial charge in [-0.2, -0.15) is 9.90 Å². The molecule has 0 aliphatic rings. The molecule has 1 amide bonds. The van der Waals surface area contributed by atoms with Crippen LogP contribution in [-0.2, 0) is 0 Å². The Labute approximate surface area is 103 Å². The molecule has 0 aliphatic carbocycles. The van der Waals surface area contributed by atoms with Gasteiger partial charge in [0, 0.05) is 12.1 Å². The highest BCUT2D eigenvalue weighted by molar-refractivity contribution is 6.92. The molecule has 3 heteroatoms. The van der Waals surface area contributed by atoms with E-state index in [0.717, 1.165) is 0 Å². The first kappa shape index (κ1) is 20.5. The fraction of sp³-hybridized carbons (Fsp3) is 0.462. The normalized spacial score (nSPS) is 7.06. The second-order valence-electron chi connectivity index (χ2n) is 2.23. The molecule has 0 bridgehead atoms. The van der Waals surface area contributed by atoms with Gasteiger partial charge in [0.1, 0.15) is 0 Å². The summed E-state index contributed by atoms with van der Waals surface area (Å²) in [5.74, 6) is -0.00639. The van der Waals surface area contributed by atoms with E-state index in [2.05, 4.69) is 5.32 Å². The van der Waals surface area contributed by atoms with Crippen LogP contribution < -0.4 is 5.32 Å². The maximum atomic E-state index is 11.1. The van der Waals surface area contributed by atoms with Gasteiger partial charge in [0.15, 0.2) is 0 Å². The minimum Gasteiger partial charge on any atom is -0.352 e. The predicted octanol–water partition coefficient (Wildman–Crippen LogP) is 3.55. The van der Waals surface area contributed by atoms with Crippen LogP contribution in [0.15, 0.2) is 30.3 Å². The average molecular weight is 243 g/mol. The van der Waals surface area contributed by atoms with E-state index in [4.69, 9.17) is 0 Å². The summed E-state index contributed by atoms with van der Waals surface area (Å²) in [6.07, 6.45) is 0. The SMILES string of the molecule is CC.CC.CCNC(=O)c1ccccc1.P. The Morgan fingerprint density at radius 1 is 1.06 bits per heavy atom. The van der Waals surface area contributed by atoms with Gasteiger partial charge in [-0.3, -0.25) is 4.79 Å². The highest BCUT2D eigenvalue weighted by Crippen LogP contribution is 1.96. The van der Waals surface area contributed by atoms with E-state index in [1.165, 1.54) is 0 Å². The van der Waals surface area contributed by atoms with Crippen molar-refractivity contribution in [2.45, 2.75) is 34.6 Å². The molecule has 0 aliphatic heterocycles. The lowest BCUT2D eigenvalue weighted by atomic mass is 10.2. The number of carbonyl (C=O) groups is 1. The molecule has 0 radical (unpaired) electrons. The first-order valence-electron chi connectivity index (χ1n) is 5.68. The number of amides is 1. The van der Waals surface area contributed by atoms with Crippen LogP contribution in [0.2, 0.25) is 0 Å². The standard InChI is InChI=1S/C9H11NO.2C2H6.H3P/c1-2-10-9(11)8-6-4-3-5-7-8;2*1-2;/h3-7H,2H2,1H3,(H,10,11);2*1-2H3;1H3. The largest absolute Gasteiger partial charge is 0.352 e. The Kier molecular flexibility index (Phi) is 21.2. The van der Waals surface area contributed by atoms with Crippen LogP contribution in [0.3, 0.4) is 0 Å². The molecule has 0 spiro atoms. The van der Waals surface area contributed by atoms with E-state index >= 15 is 0 Å². The molecule has 0 aromatic heterocycles. The molecular formula is C13H26NOP. The van der Waals surface area contributed by atoms with Crippen molar-refractivity contribution in [3.05, 3.63) is 35.9 Å². The number of rotatable bonds is 2. The predicted molar refractivity (Wildman–Crippen MR) is 78.3 cm³/mol. The first-order chi connectivity index (χ1) is 7.34. The molecule has 0 saturated heterocycles. The Hall–Kier alpha value is -0.880. The lowest BCUT2D eigenvalue weighted by molar-refractivity contribution is 0.0956. The molecule has 1 atom stereocenters. The van der Waals surface area contributed by atoms with Crippen molar-refractivity contribution in [3.8, 4) is 0 Å². The topological polar surface area (TPSA) is 29.1 Å². The molecule has 94 valence electrons. The molecule has 1 N–H and O–H groups in total. The van der Waals surface area contributed by atoms with Crippen molar-refractivity contribution in [2.24, 2.45) is 0 Å². The molecule has 2 nitrogen and oxygen atoms in total. The molecule has 1 aromatic rings. The van der Waals surface area contributed by atoms with Crippen LogP contribution in [0.5, 0.6) is 0 Å². The van der Waals surface area contributed by atoms with E-state index in [9.17, 15) is 4.79 Å². The van der Waals surface area contributed by atoms with Crippen LogP contribution >= 0.6 is 9.90 Å². The van der Waals surface area contributed by atoms with Gasteiger partial charge >= 0.3 is 0 Å². The monoisotopic (exact) mass is 243 g/mol. The van der Waals surface area contributed by atoms with Crippen LogP contribution in [0.1, 0.15) is 45.0 Å². The van der Waals surface area contributed by atoms with E-state index in [1.54, 1.807) is 12.1 Å². The summed E-state index contributed by atoms with van der Waals surface area (Å²) < 4.78 is 0. The van der Waals surface area contributed by atoms with E-state index in [1.807, 2.05) is 52.8 Å². The van der Waals surface area contributed by atoms with Gasteiger partial charge in [0.2, 0.25) is 0 Å². The van der Waals surface area contributed by atoms with Gasteiger partial charge in [0.05, 0.1) is 0 Å². The summed E-state index contributed by atoms with van der Waals surface area (Å²) in [6.45, 7) is 10.6. The quantitative estimate of drug-likeness (QED) is 0.791. The summed E-state index contributed by atoms with van der Waals surface area (Å²) >= 11 is 0. The summed E-state index contributed by atoms with van der Waals surface area (Å²) in [7, 11) is 0. The lowest BCUT2D eigenvalue weighted by Crippen LogP contribution is -2.22. The maximum Gasteiger partial charge on any atom is 0.251 e. The number of hydrogen-bond donors (Lipinski definition) is 1. The zero-order chi connectivity index (χ0) is 12.1. The van der Waals surface area contributed by atoms with E-state index < -0.39 is 0 Å². The van der Waals surface area contributed by atoms with Crippen LogP contribution in [0.4, 0.5) is 0 Å². The summed E-state index contributed by atoms with van der Waals surface area (Å²) in [5, 5.41) is 2.72. The van der Waals surface area contributed by atoms with E-state index in [0.29, 0.717) is 12.1 Å². The Morgan fingerprint density at radius 3 is 1.88 bits per heavy atom. The minimum atomic E-state index is -0.00639. The van der Waals surface area contributed by atoms with Crippen molar-refractivity contribution in [1.29, 1.82) is 0 Å². The summed E-state index contributed by atoms with van der Waals surface area (Å²) in [6, 6.07) is 9.19. The number of carbonyl (C=O) groups excluding carboxylic acids is 1. The fourth-order valence-electron chi connectivity index (χ4n) is 0.852. The molecule has 1 rings (SSSR count). The van der Waals surface area contributed by atoms with Crippen molar-refractivity contribution >= 4 is 15.8 Å². The molecule has 1 unspecified atom stereocenters. The molecular weight excluding hydrogens is 217 g/mol. The number of nitrogens with one attached hydrogen (secondary N) is 1. The van der Waals surface area contributed by atoms with Crippen molar-refractivity contribution in [1.82, 2.24) is 5.32 Å². The van der Waals surface area contributed by atoms with Gasteiger partial charge in [-0.15, -0.1) is 0 Å². The van der Waals surface area contributed by atoms with Crippen molar-refractivity contribution < 1.29 is 4.79 Å². The highest BCUT2D eigenvalue weighted by Gasteiger charge is 1.99. The van der Waals surface area contributed by atoms with Gasteiger partial charge < -0.3 is 5.32 Å². The van der Waals surface area contributed by atoms with Gasteiger partial charge in [0.25, 0.3) is 5.91 Å². The Bertz CT molecular complexity index is 237. The zero-order valence-electron chi connectivity index (χ0n) is 11.2. The van der Waals surface area contributed by atoms with Crippen LogP contribution in [0.25, 0.3) is 0 Å².